The summed E-state index contributed by atoms with van der Waals surface area (Å²) in [5, 5.41) is 19.9. The van der Waals surface area contributed by atoms with Crippen molar-refractivity contribution in [2.24, 2.45) is 5.73 Å². The van der Waals surface area contributed by atoms with Crippen molar-refractivity contribution in [1.82, 2.24) is 9.80 Å². The first kappa shape index (κ1) is 18.6. The molecule has 0 aromatic carbocycles. The maximum absolute atomic E-state index is 11.6. The first-order chi connectivity index (χ1) is 10.9. The largest absolute Gasteiger partial charge is 0.450 e. The highest BCUT2D eigenvalue weighted by molar-refractivity contribution is 8.02. The van der Waals surface area contributed by atoms with E-state index in [1.165, 1.54) is 0 Å². The molecule has 1 amide bonds. The fraction of sp³-hybridized carbons (Fsp3) is 0.538. The van der Waals surface area contributed by atoms with Crippen molar-refractivity contribution in [2.45, 2.75) is 6.92 Å². The van der Waals surface area contributed by atoms with Crippen LogP contribution in [0.5, 0.6) is 0 Å². The van der Waals surface area contributed by atoms with E-state index in [1.54, 1.807) is 23.0 Å². The molecule has 1 saturated heterocycles. The zero-order valence-electron chi connectivity index (χ0n) is 13.0. The molecule has 2 N–H and O–H groups in total. The number of carbonyl (C=O) groups excluding carboxylic acids is 1. The predicted octanol–water partition coefficient (Wildman–Crippen LogP) is 0.935. The molecule has 0 radical (unpaired) electrons. The Morgan fingerprint density at radius 2 is 2.00 bits per heavy atom. The topological polar surface area (TPSA) is 126 Å². The second kappa shape index (κ2) is 8.89. The molecule has 1 aliphatic rings. The van der Waals surface area contributed by atoms with Crippen LogP contribution in [-0.4, -0.2) is 59.9 Å². The zero-order valence-corrected chi connectivity index (χ0v) is 13.8. The molecule has 1 aliphatic heterocycles. The molecule has 1 heterocycles. The molecular formula is C13H19N5O4S. The lowest BCUT2D eigenvalue weighted by Gasteiger charge is -2.35. The molecular weight excluding hydrogens is 322 g/mol. The van der Waals surface area contributed by atoms with E-state index in [2.05, 4.69) is 0 Å². The number of amides is 1. The molecule has 0 bridgehead atoms. The first-order valence-corrected chi connectivity index (χ1v) is 8.13. The van der Waals surface area contributed by atoms with Gasteiger partial charge in [0.05, 0.1) is 16.4 Å². The van der Waals surface area contributed by atoms with Crippen LogP contribution in [0.15, 0.2) is 22.5 Å². The minimum absolute atomic E-state index is 0.0683. The van der Waals surface area contributed by atoms with Crippen LogP contribution in [0.2, 0.25) is 0 Å². The van der Waals surface area contributed by atoms with Crippen molar-refractivity contribution in [1.29, 1.82) is 5.26 Å². The highest BCUT2D eigenvalue weighted by Crippen LogP contribution is 2.24. The van der Waals surface area contributed by atoms with Crippen molar-refractivity contribution in [3.8, 4) is 6.07 Å². The summed E-state index contributed by atoms with van der Waals surface area (Å²) in [4.78, 5) is 25.2. The molecule has 0 aromatic rings. The average Bonchev–Trinajstić information content (AvgIpc) is 2.54. The molecule has 0 saturated carbocycles. The van der Waals surface area contributed by atoms with Gasteiger partial charge in [-0.2, -0.15) is 5.26 Å². The highest BCUT2D eigenvalue weighted by Gasteiger charge is 2.25. The second-order valence-electron chi connectivity index (χ2n) is 4.53. The molecule has 0 atom stereocenters. The summed E-state index contributed by atoms with van der Waals surface area (Å²) in [5.74, 6) is 0.179. The molecule has 0 unspecified atom stereocenters. The molecule has 23 heavy (non-hydrogen) atoms. The number of nitrogens with two attached hydrogens (primary N) is 1. The molecule has 0 spiro atoms. The highest BCUT2D eigenvalue weighted by atomic mass is 32.2. The van der Waals surface area contributed by atoms with E-state index >= 15 is 0 Å². The van der Waals surface area contributed by atoms with Gasteiger partial charge < -0.3 is 20.3 Å². The Morgan fingerprint density at radius 1 is 1.43 bits per heavy atom. The lowest BCUT2D eigenvalue weighted by molar-refractivity contribution is -0.402. The van der Waals surface area contributed by atoms with Gasteiger partial charge in [0.15, 0.2) is 0 Å². The van der Waals surface area contributed by atoms with Crippen LogP contribution in [0, 0.1) is 21.4 Å². The number of thioether (sulfide) groups is 1. The SMILES string of the molecule is CCOC(=O)N1CCN(/C(N)=C(C#N)/C(=C/[N+](=O)[O-])SC)CC1. The first-order valence-electron chi connectivity index (χ1n) is 6.90. The third-order valence-corrected chi connectivity index (χ3v) is 3.95. The summed E-state index contributed by atoms with van der Waals surface area (Å²) in [6, 6.07) is 1.92. The normalized spacial score (nSPS) is 16.5. The van der Waals surface area contributed by atoms with Crippen molar-refractivity contribution in [3.05, 3.63) is 32.6 Å². The van der Waals surface area contributed by atoms with Gasteiger partial charge in [-0.05, 0) is 13.2 Å². The number of piperazine rings is 1. The quantitative estimate of drug-likeness (QED) is 0.339. The van der Waals surface area contributed by atoms with E-state index < -0.39 is 4.92 Å². The number of hydrogen-bond acceptors (Lipinski definition) is 8. The van der Waals surface area contributed by atoms with Crippen LogP contribution in [-0.2, 0) is 4.74 Å². The van der Waals surface area contributed by atoms with Gasteiger partial charge >= 0.3 is 6.09 Å². The van der Waals surface area contributed by atoms with Gasteiger partial charge in [0, 0.05) is 26.2 Å². The Labute approximate surface area is 138 Å². The summed E-state index contributed by atoms with van der Waals surface area (Å²) in [6.07, 6.45) is 2.03. The van der Waals surface area contributed by atoms with E-state index in [-0.39, 0.29) is 22.4 Å². The monoisotopic (exact) mass is 341 g/mol. The smallest absolute Gasteiger partial charge is 0.409 e. The van der Waals surface area contributed by atoms with Gasteiger partial charge in [-0.3, -0.25) is 10.1 Å². The number of rotatable bonds is 5. The van der Waals surface area contributed by atoms with Crippen molar-refractivity contribution in [2.75, 3.05) is 39.0 Å². The van der Waals surface area contributed by atoms with Crippen LogP contribution < -0.4 is 5.73 Å². The van der Waals surface area contributed by atoms with E-state index in [9.17, 15) is 20.2 Å². The fourth-order valence-corrected chi connectivity index (χ4v) is 2.60. The average molecular weight is 341 g/mol. The van der Waals surface area contributed by atoms with Crippen LogP contribution in [0.1, 0.15) is 6.92 Å². The second-order valence-corrected chi connectivity index (χ2v) is 5.38. The standard InChI is InChI=1S/C13H19N5O4S/c1-3-22-13(19)17-6-4-16(5-7-17)12(15)10(8-14)11(23-2)9-18(20)21/h9H,3-7,15H2,1-2H3/b11-9-,12-10+. The number of ether oxygens (including phenoxy) is 1. The van der Waals surface area contributed by atoms with Gasteiger partial charge in [0.1, 0.15) is 17.5 Å². The van der Waals surface area contributed by atoms with Gasteiger partial charge in [0.2, 0.25) is 6.20 Å². The van der Waals surface area contributed by atoms with Gasteiger partial charge in [-0.1, -0.05) is 0 Å². The van der Waals surface area contributed by atoms with E-state index in [1.807, 2.05) is 6.07 Å². The number of nitrogens with zero attached hydrogens (tertiary/aromatic N) is 4. The molecule has 126 valence electrons. The fourth-order valence-electron chi connectivity index (χ4n) is 2.06. The van der Waals surface area contributed by atoms with E-state index in [0.29, 0.717) is 32.8 Å². The summed E-state index contributed by atoms with van der Waals surface area (Å²) in [7, 11) is 0. The third-order valence-electron chi connectivity index (χ3n) is 3.20. The Hall–Kier alpha value is -2.41. The van der Waals surface area contributed by atoms with Crippen molar-refractivity contribution in [3.63, 3.8) is 0 Å². The number of nitro groups is 1. The lowest BCUT2D eigenvalue weighted by atomic mass is 10.2. The Balaban J connectivity index is 2.88. The Morgan fingerprint density at radius 3 is 2.43 bits per heavy atom. The molecule has 9 nitrogen and oxygen atoms in total. The molecule has 1 fully saturated rings. The van der Waals surface area contributed by atoms with Crippen LogP contribution in [0.25, 0.3) is 0 Å². The molecule has 0 aromatic heterocycles. The van der Waals surface area contributed by atoms with E-state index in [4.69, 9.17) is 10.5 Å². The van der Waals surface area contributed by atoms with Crippen LogP contribution in [0.3, 0.4) is 0 Å². The number of hydrogen-bond donors (Lipinski definition) is 1. The summed E-state index contributed by atoms with van der Waals surface area (Å²) in [5.41, 5.74) is 6.08. The third kappa shape index (κ3) is 5.07. The van der Waals surface area contributed by atoms with Crippen molar-refractivity contribution < 1.29 is 14.5 Å². The predicted molar refractivity (Wildman–Crippen MR) is 85.6 cm³/mol. The lowest BCUT2D eigenvalue weighted by Crippen LogP contribution is -2.49. The summed E-state index contributed by atoms with van der Waals surface area (Å²) < 4.78 is 4.93. The van der Waals surface area contributed by atoms with Crippen LogP contribution in [0.4, 0.5) is 4.79 Å². The van der Waals surface area contributed by atoms with Gasteiger partial charge in [0.25, 0.3) is 0 Å². The zero-order chi connectivity index (χ0) is 17.4. The summed E-state index contributed by atoms with van der Waals surface area (Å²) >= 11 is 1.08. The maximum atomic E-state index is 11.6. The Bertz CT molecular complexity index is 561. The van der Waals surface area contributed by atoms with Gasteiger partial charge in [-0.25, -0.2) is 4.79 Å². The molecule has 1 rings (SSSR count). The Kier molecular flexibility index (Phi) is 7.21. The minimum Gasteiger partial charge on any atom is -0.450 e. The van der Waals surface area contributed by atoms with Crippen LogP contribution >= 0.6 is 11.8 Å². The van der Waals surface area contributed by atoms with Gasteiger partial charge in [-0.15, -0.1) is 11.8 Å². The summed E-state index contributed by atoms with van der Waals surface area (Å²) in [6.45, 7) is 3.71. The minimum atomic E-state index is -0.616. The number of allylic oxidation sites excluding steroid dienone is 1. The molecule has 0 aliphatic carbocycles. The van der Waals surface area contributed by atoms with E-state index in [0.717, 1.165) is 18.0 Å². The van der Waals surface area contributed by atoms with Crippen molar-refractivity contribution >= 4 is 17.9 Å². The number of nitriles is 1. The number of carbonyl (C=O) groups is 1. The molecule has 10 heteroatoms. The maximum Gasteiger partial charge on any atom is 0.409 e.